The van der Waals surface area contributed by atoms with Crippen LogP contribution in [0.1, 0.15) is 35.4 Å². The molecule has 22 heavy (non-hydrogen) atoms. The van der Waals surface area contributed by atoms with Gasteiger partial charge >= 0.3 is 0 Å². The van der Waals surface area contributed by atoms with E-state index in [1.54, 1.807) is 6.20 Å². The Balaban J connectivity index is 1.74. The molecule has 1 unspecified atom stereocenters. The average Bonchev–Trinajstić information content (AvgIpc) is 3.22. The zero-order valence-electron chi connectivity index (χ0n) is 12.4. The second-order valence-corrected chi connectivity index (χ2v) is 6.59. The predicted octanol–water partition coefficient (Wildman–Crippen LogP) is 3.19. The normalized spacial score (nSPS) is 17.9. The van der Waals surface area contributed by atoms with Crippen LogP contribution in [0.25, 0.3) is 10.6 Å². The molecule has 1 aliphatic rings. The zero-order valence-corrected chi connectivity index (χ0v) is 13.3. The molecule has 116 valence electrons. The van der Waals surface area contributed by atoms with Crippen molar-refractivity contribution in [1.29, 1.82) is 0 Å². The molecule has 0 aliphatic carbocycles. The average molecular weight is 316 g/mol. The van der Waals surface area contributed by atoms with Gasteiger partial charge in [0.05, 0.1) is 6.20 Å². The van der Waals surface area contributed by atoms with Crippen LogP contribution in [0.2, 0.25) is 0 Å². The topological polar surface area (TPSA) is 53.4 Å². The monoisotopic (exact) mass is 316 g/mol. The smallest absolute Gasteiger partial charge is 0.265 e. The zero-order chi connectivity index (χ0) is 15.4. The van der Waals surface area contributed by atoms with Gasteiger partial charge in [-0.3, -0.25) is 4.79 Å². The molecule has 1 fully saturated rings. The first-order chi connectivity index (χ1) is 10.8. The van der Waals surface area contributed by atoms with Crippen molar-refractivity contribution in [3.8, 4) is 10.6 Å². The van der Waals surface area contributed by atoms with Crippen LogP contribution in [0.5, 0.6) is 0 Å². The number of carbonyl (C=O) groups excluding carboxylic acids is 1. The Labute approximate surface area is 134 Å². The van der Waals surface area contributed by atoms with Crippen LogP contribution in [-0.4, -0.2) is 40.1 Å². The van der Waals surface area contributed by atoms with Crippen LogP contribution in [0, 0.1) is 0 Å². The van der Waals surface area contributed by atoms with Crippen molar-refractivity contribution in [3.05, 3.63) is 41.4 Å². The van der Waals surface area contributed by atoms with Crippen LogP contribution in [0.15, 0.2) is 36.5 Å². The molecule has 2 aromatic rings. The number of thiazole rings is 1. The van der Waals surface area contributed by atoms with Gasteiger partial charge in [-0.25, -0.2) is 4.98 Å². The largest absolute Gasteiger partial charge is 0.396 e. The lowest BCUT2D eigenvalue weighted by Gasteiger charge is -2.23. The molecule has 1 atom stereocenters. The number of likely N-dealkylation sites (tertiary alicyclic amines) is 1. The second-order valence-electron chi connectivity index (χ2n) is 5.56. The van der Waals surface area contributed by atoms with Gasteiger partial charge in [0.2, 0.25) is 0 Å². The van der Waals surface area contributed by atoms with E-state index in [9.17, 15) is 4.79 Å². The molecular formula is C17H20N2O2S. The summed E-state index contributed by atoms with van der Waals surface area (Å²) in [5.74, 6) is 0.0834. The molecule has 1 saturated heterocycles. The van der Waals surface area contributed by atoms with E-state index in [0.717, 1.165) is 42.8 Å². The molecule has 1 amide bonds. The Bertz CT molecular complexity index is 627. The summed E-state index contributed by atoms with van der Waals surface area (Å²) in [6.07, 6.45) is 5.41. The maximum absolute atomic E-state index is 12.7. The fraction of sp³-hybridized carbons (Fsp3) is 0.412. The highest BCUT2D eigenvalue weighted by atomic mass is 32.1. The van der Waals surface area contributed by atoms with E-state index in [1.807, 2.05) is 35.2 Å². The minimum absolute atomic E-state index is 0.0834. The first-order valence-corrected chi connectivity index (χ1v) is 8.54. The maximum Gasteiger partial charge on any atom is 0.265 e. The third-order valence-electron chi connectivity index (χ3n) is 4.07. The third-order valence-corrected chi connectivity index (χ3v) is 5.11. The van der Waals surface area contributed by atoms with Gasteiger partial charge in [-0.15, -0.1) is 11.3 Å². The van der Waals surface area contributed by atoms with E-state index in [-0.39, 0.29) is 18.6 Å². The van der Waals surface area contributed by atoms with Crippen LogP contribution < -0.4 is 0 Å². The lowest BCUT2D eigenvalue weighted by Crippen LogP contribution is -2.35. The number of aromatic nitrogens is 1. The van der Waals surface area contributed by atoms with Crippen molar-refractivity contribution >= 4 is 17.2 Å². The Morgan fingerprint density at radius 1 is 1.36 bits per heavy atom. The van der Waals surface area contributed by atoms with E-state index in [1.165, 1.54) is 11.3 Å². The highest BCUT2D eigenvalue weighted by molar-refractivity contribution is 7.16. The van der Waals surface area contributed by atoms with Gasteiger partial charge < -0.3 is 10.0 Å². The summed E-state index contributed by atoms with van der Waals surface area (Å²) in [6.45, 7) is 1.00. The summed E-state index contributed by atoms with van der Waals surface area (Å²) in [5, 5.41) is 9.87. The minimum Gasteiger partial charge on any atom is -0.396 e. The third kappa shape index (κ3) is 3.20. The van der Waals surface area contributed by atoms with Crippen LogP contribution in [0.3, 0.4) is 0 Å². The Kier molecular flexibility index (Phi) is 4.85. The number of amides is 1. The molecular weight excluding hydrogens is 296 g/mol. The van der Waals surface area contributed by atoms with Crippen LogP contribution in [-0.2, 0) is 0 Å². The van der Waals surface area contributed by atoms with E-state index in [2.05, 4.69) is 4.98 Å². The van der Waals surface area contributed by atoms with E-state index < -0.39 is 0 Å². The van der Waals surface area contributed by atoms with Crippen molar-refractivity contribution in [3.63, 3.8) is 0 Å². The highest BCUT2D eigenvalue weighted by Gasteiger charge is 2.29. The number of hydrogen-bond donors (Lipinski definition) is 1. The lowest BCUT2D eigenvalue weighted by molar-refractivity contribution is 0.0729. The first-order valence-electron chi connectivity index (χ1n) is 7.72. The summed E-state index contributed by atoms with van der Waals surface area (Å²) >= 11 is 1.46. The Morgan fingerprint density at radius 2 is 2.18 bits per heavy atom. The lowest BCUT2D eigenvalue weighted by atomic mass is 10.1. The number of carbonyl (C=O) groups is 1. The highest BCUT2D eigenvalue weighted by Crippen LogP contribution is 2.29. The van der Waals surface area contributed by atoms with Crippen molar-refractivity contribution in [1.82, 2.24) is 9.88 Å². The number of aliphatic hydroxyl groups excluding tert-OH is 1. The summed E-state index contributed by atoms with van der Waals surface area (Å²) in [6, 6.07) is 10.2. The van der Waals surface area contributed by atoms with Crippen LogP contribution in [0.4, 0.5) is 0 Å². The first kappa shape index (κ1) is 15.2. The summed E-state index contributed by atoms with van der Waals surface area (Å²) in [5.41, 5.74) is 1.05. The Morgan fingerprint density at radius 3 is 2.95 bits per heavy atom. The van der Waals surface area contributed by atoms with Gasteiger partial charge in [-0.05, 0) is 25.7 Å². The molecule has 0 bridgehead atoms. The standard InChI is InChI=1S/C17H20N2O2S/c20-11-5-9-14-8-4-10-19(14)17(21)15-12-18-16(22-15)13-6-2-1-3-7-13/h1-3,6-7,12,14,20H,4-5,8-11H2. The van der Waals surface area contributed by atoms with Gasteiger partial charge in [-0.2, -0.15) is 0 Å². The minimum atomic E-state index is 0.0834. The maximum atomic E-state index is 12.7. The van der Waals surface area contributed by atoms with Crippen molar-refractivity contribution < 1.29 is 9.90 Å². The number of nitrogens with zero attached hydrogens (tertiary/aromatic N) is 2. The van der Waals surface area contributed by atoms with Crippen LogP contribution >= 0.6 is 11.3 Å². The molecule has 1 aromatic heterocycles. The number of rotatable bonds is 5. The van der Waals surface area contributed by atoms with Crippen molar-refractivity contribution in [2.75, 3.05) is 13.2 Å². The predicted molar refractivity (Wildman–Crippen MR) is 87.9 cm³/mol. The van der Waals surface area contributed by atoms with E-state index in [0.29, 0.717) is 4.88 Å². The number of benzene rings is 1. The fourth-order valence-electron chi connectivity index (χ4n) is 2.96. The summed E-state index contributed by atoms with van der Waals surface area (Å²) in [7, 11) is 0. The number of hydrogen-bond acceptors (Lipinski definition) is 4. The van der Waals surface area contributed by atoms with Gasteiger partial charge in [0.1, 0.15) is 9.88 Å². The fourth-order valence-corrected chi connectivity index (χ4v) is 3.84. The molecule has 2 heterocycles. The number of aliphatic hydroxyl groups is 1. The second kappa shape index (κ2) is 7.03. The van der Waals surface area contributed by atoms with Gasteiger partial charge in [0.25, 0.3) is 5.91 Å². The molecule has 4 nitrogen and oxygen atoms in total. The molecule has 1 N–H and O–H groups in total. The molecule has 5 heteroatoms. The summed E-state index contributed by atoms with van der Waals surface area (Å²) < 4.78 is 0. The molecule has 3 rings (SSSR count). The van der Waals surface area contributed by atoms with Gasteiger partial charge in [0.15, 0.2) is 0 Å². The molecule has 1 aromatic carbocycles. The molecule has 0 saturated carbocycles. The summed E-state index contributed by atoms with van der Waals surface area (Å²) in [4.78, 5) is 19.8. The van der Waals surface area contributed by atoms with E-state index in [4.69, 9.17) is 5.11 Å². The quantitative estimate of drug-likeness (QED) is 0.921. The molecule has 0 spiro atoms. The van der Waals surface area contributed by atoms with Gasteiger partial charge in [0, 0.05) is 24.8 Å². The molecule has 1 aliphatic heterocycles. The van der Waals surface area contributed by atoms with E-state index >= 15 is 0 Å². The van der Waals surface area contributed by atoms with Crippen molar-refractivity contribution in [2.24, 2.45) is 0 Å². The van der Waals surface area contributed by atoms with Crippen molar-refractivity contribution in [2.45, 2.75) is 31.7 Å². The SMILES string of the molecule is O=C(c1cnc(-c2ccccc2)s1)N1CCCC1CCCO. The molecule has 0 radical (unpaired) electrons. The Hall–Kier alpha value is -1.72. The van der Waals surface area contributed by atoms with Gasteiger partial charge in [-0.1, -0.05) is 30.3 Å².